The van der Waals surface area contributed by atoms with Crippen LogP contribution in [-0.4, -0.2) is 45.3 Å². The molecular formula is C18H38NaO5P. The van der Waals surface area contributed by atoms with Gasteiger partial charge in [0.05, 0.1) is 0 Å². The van der Waals surface area contributed by atoms with Gasteiger partial charge in [-0.3, -0.25) is 14.6 Å². The van der Waals surface area contributed by atoms with Gasteiger partial charge in [0, 0.05) is 6.42 Å². The Kier molecular flexibility index (Phi) is 21.6. The molecular weight excluding hydrogens is 350 g/mol. The normalized spacial score (nSPS) is 11.2. The molecule has 0 rings (SSSR count). The number of phosphoric acid groups is 1. The first-order valence-corrected chi connectivity index (χ1v) is 11.3. The molecule has 0 aromatic rings. The molecule has 146 valence electrons. The average Bonchev–Trinajstić information content (AvgIpc) is 2.49. The minimum atomic E-state index is -4.66. The van der Waals surface area contributed by atoms with Gasteiger partial charge in [-0.1, -0.05) is 96.8 Å². The standard InChI is InChI=1S/C18H37O5P.Na.H/c1-2-3-4-5-6-7-8-9-10-11-12-13-14-15-16-17-18(19)23-24(20,21)22;;/h2-17H2,1H3,(H2,20,21,22);;. The van der Waals surface area contributed by atoms with Gasteiger partial charge in [0.2, 0.25) is 0 Å². The Morgan fingerprint density at radius 2 is 1.04 bits per heavy atom. The summed E-state index contributed by atoms with van der Waals surface area (Å²) in [5.74, 6) is -0.807. The van der Waals surface area contributed by atoms with Gasteiger partial charge in [-0.05, 0) is 6.42 Å². The van der Waals surface area contributed by atoms with Crippen molar-refractivity contribution in [2.75, 3.05) is 0 Å². The third-order valence-corrected chi connectivity index (χ3v) is 4.65. The molecule has 0 atom stereocenters. The molecule has 2 N–H and O–H groups in total. The topological polar surface area (TPSA) is 83.8 Å². The van der Waals surface area contributed by atoms with Crippen LogP contribution in [0.5, 0.6) is 0 Å². The summed E-state index contributed by atoms with van der Waals surface area (Å²) in [4.78, 5) is 28.0. The molecule has 0 radical (unpaired) electrons. The SMILES string of the molecule is CCCCCCCCCCCCCCCCCC(=O)OP(=O)(O)O.[NaH]. The van der Waals surface area contributed by atoms with Crippen molar-refractivity contribution in [3.63, 3.8) is 0 Å². The molecule has 0 heterocycles. The van der Waals surface area contributed by atoms with Gasteiger partial charge < -0.3 is 4.52 Å². The van der Waals surface area contributed by atoms with E-state index in [-0.39, 0.29) is 36.0 Å². The van der Waals surface area contributed by atoms with E-state index in [2.05, 4.69) is 11.4 Å². The second-order valence-electron chi connectivity index (χ2n) is 6.65. The molecule has 0 aliphatic heterocycles. The molecule has 0 saturated heterocycles. The van der Waals surface area contributed by atoms with Crippen LogP contribution in [0.4, 0.5) is 0 Å². The number of carbonyl (C=O) groups is 1. The second-order valence-corrected chi connectivity index (χ2v) is 7.82. The van der Waals surface area contributed by atoms with Gasteiger partial charge in [0.25, 0.3) is 0 Å². The first-order valence-electron chi connectivity index (χ1n) is 9.73. The van der Waals surface area contributed by atoms with Crippen molar-refractivity contribution < 1.29 is 23.7 Å². The Morgan fingerprint density at radius 3 is 1.36 bits per heavy atom. The predicted molar refractivity (Wildman–Crippen MR) is 105 cm³/mol. The first-order chi connectivity index (χ1) is 11.5. The summed E-state index contributed by atoms with van der Waals surface area (Å²) in [6.07, 6.45) is 18.7. The Bertz CT molecular complexity index is 346. The number of hydrogen-bond donors (Lipinski definition) is 2. The van der Waals surface area contributed by atoms with Gasteiger partial charge in [0.1, 0.15) is 0 Å². The first kappa shape index (κ1) is 27.8. The van der Waals surface area contributed by atoms with E-state index in [1.807, 2.05) is 0 Å². The van der Waals surface area contributed by atoms with E-state index in [4.69, 9.17) is 9.79 Å². The predicted octanol–water partition coefficient (Wildman–Crippen LogP) is 5.24. The molecule has 0 aromatic heterocycles. The summed E-state index contributed by atoms with van der Waals surface area (Å²) in [5, 5.41) is 0. The van der Waals surface area contributed by atoms with E-state index in [9.17, 15) is 9.36 Å². The van der Waals surface area contributed by atoms with Crippen LogP contribution in [-0.2, 0) is 13.9 Å². The van der Waals surface area contributed by atoms with Crippen molar-refractivity contribution >= 4 is 43.3 Å². The molecule has 0 aliphatic carbocycles. The maximum absolute atomic E-state index is 11.1. The summed E-state index contributed by atoms with van der Waals surface area (Å²) in [7, 11) is -4.66. The molecule has 0 fully saturated rings. The molecule has 7 heteroatoms. The van der Waals surface area contributed by atoms with Crippen LogP contribution in [0.15, 0.2) is 0 Å². The van der Waals surface area contributed by atoms with Gasteiger partial charge in [-0.15, -0.1) is 0 Å². The summed E-state index contributed by atoms with van der Waals surface area (Å²) in [6.45, 7) is 2.25. The summed E-state index contributed by atoms with van der Waals surface area (Å²) in [6, 6.07) is 0. The number of rotatable bonds is 17. The van der Waals surface area contributed by atoms with Crippen LogP contribution in [0, 0.1) is 0 Å². The zero-order valence-corrected chi connectivity index (χ0v) is 16.3. The molecule has 0 bridgehead atoms. The fourth-order valence-corrected chi connectivity index (χ4v) is 3.18. The van der Waals surface area contributed by atoms with E-state index in [0.717, 1.165) is 12.8 Å². The molecule has 0 aromatic carbocycles. The molecule has 25 heavy (non-hydrogen) atoms. The van der Waals surface area contributed by atoms with E-state index in [0.29, 0.717) is 6.42 Å². The Balaban J connectivity index is 0. The average molecular weight is 388 g/mol. The summed E-state index contributed by atoms with van der Waals surface area (Å²) >= 11 is 0. The molecule has 0 unspecified atom stereocenters. The minimum absolute atomic E-state index is 0. The molecule has 0 spiro atoms. The van der Waals surface area contributed by atoms with Crippen LogP contribution < -0.4 is 0 Å². The van der Waals surface area contributed by atoms with Crippen molar-refractivity contribution in [2.45, 2.75) is 110 Å². The van der Waals surface area contributed by atoms with Crippen molar-refractivity contribution in [3.05, 3.63) is 0 Å². The van der Waals surface area contributed by atoms with Crippen LogP contribution in [0.25, 0.3) is 0 Å². The van der Waals surface area contributed by atoms with Crippen LogP contribution >= 0.6 is 7.82 Å². The Morgan fingerprint density at radius 1 is 0.720 bits per heavy atom. The van der Waals surface area contributed by atoms with Gasteiger partial charge in [0.15, 0.2) is 0 Å². The second kappa shape index (κ2) is 19.4. The quantitative estimate of drug-likeness (QED) is 0.202. The van der Waals surface area contributed by atoms with E-state index in [1.54, 1.807) is 0 Å². The summed E-state index contributed by atoms with van der Waals surface area (Å²) in [5.41, 5.74) is 0. The fourth-order valence-electron chi connectivity index (χ4n) is 2.82. The van der Waals surface area contributed by atoms with Crippen LogP contribution in [0.3, 0.4) is 0 Å². The third-order valence-electron chi connectivity index (χ3n) is 4.21. The Labute approximate surface area is 176 Å². The molecule has 0 saturated carbocycles. The molecule has 0 amide bonds. The summed E-state index contributed by atoms with van der Waals surface area (Å²) < 4.78 is 14.4. The van der Waals surface area contributed by atoms with Crippen molar-refractivity contribution in [2.24, 2.45) is 0 Å². The number of hydrogen-bond acceptors (Lipinski definition) is 3. The van der Waals surface area contributed by atoms with E-state index in [1.165, 1.54) is 77.0 Å². The Hall–Kier alpha value is 0.620. The van der Waals surface area contributed by atoms with Gasteiger partial charge >= 0.3 is 43.3 Å². The fraction of sp³-hybridized carbons (Fsp3) is 0.944. The van der Waals surface area contributed by atoms with Gasteiger partial charge in [-0.25, -0.2) is 4.57 Å². The van der Waals surface area contributed by atoms with Crippen molar-refractivity contribution in [3.8, 4) is 0 Å². The van der Waals surface area contributed by atoms with E-state index < -0.39 is 13.8 Å². The van der Waals surface area contributed by atoms with Crippen LogP contribution in [0.2, 0.25) is 0 Å². The van der Waals surface area contributed by atoms with Crippen molar-refractivity contribution in [1.82, 2.24) is 0 Å². The third kappa shape index (κ3) is 24.6. The van der Waals surface area contributed by atoms with Crippen molar-refractivity contribution in [1.29, 1.82) is 0 Å². The molecule has 0 aliphatic rings. The zero-order chi connectivity index (χ0) is 18.1. The maximum atomic E-state index is 11.1. The van der Waals surface area contributed by atoms with E-state index >= 15 is 0 Å². The van der Waals surface area contributed by atoms with Crippen LogP contribution in [0.1, 0.15) is 110 Å². The monoisotopic (exact) mass is 388 g/mol. The number of carbonyl (C=O) groups excluding carboxylic acids is 1. The zero-order valence-electron chi connectivity index (χ0n) is 15.4. The molecule has 5 nitrogen and oxygen atoms in total. The number of phosphoric ester groups is 1. The van der Waals surface area contributed by atoms with Gasteiger partial charge in [-0.2, -0.15) is 0 Å². The number of unbranched alkanes of at least 4 members (excludes halogenated alkanes) is 14.